The molecule has 0 atom stereocenters. The Hall–Kier alpha value is -0.380. The van der Waals surface area contributed by atoms with E-state index < -0.39 is 0 Å². The SMILES string of the molecule is CSC1(CN=C(N)NC2CC2)CCCCC1. The average molecular weight is 241 g/mol. The van der Waals surface area contributed by atoms with Crippen LogP contribution in [0.3, 0.4) is 0 Å². The molecule has 4 heteroatoms. The summed E-state index contributed by atoms with van der Waals surface area (Å²) >= 11 is 1.98. The summed E-state index contributed by atoms with van der Waals surface area (Å²) in [5.41, 5.74) is 5.88. The highest BCUT2D eigenvalue weighted by molar-refractivity contribution is 8.00. The predicted octanol–water partition coefficient (Wildman–Crippen LogP) is 2.12. The molecule has 0 saturated heterocycles. The zero-order valence-electron chi connectivity index (χ0n) is 10.2. The lowest BCUT2D eigenvalue weighted by Gasteiger charge is -2.34. The Labute approximate surface area is 103 Å². The molecule has 92 valence electrons. The van der Waals surface area contributed by atoms with Crippen LogP contribution in [-0.4, -0.2) is 29.5 Å². The summed E-state index contributed by atoms with van der Waals surface area (Å²) in [4.78, 5) is 4.53. The monoisotopic (exact) mass is 241 g/mol. The molecule has 0 spiro atoms. The van der Waals surface area contributed by atoms with Crippen molar-refractivity contribution >= 4 is 17.7 Å². The Morgan fingerprint density at radius 3 is 2.62 bits per heavy atom. The van der Waals surface area contributed by atoms with Gasteiger partial charge < -0.3 is 11.1 Å². The van der Waals surface area contributed by atoms with E-state index in [2.05, 4.69) is 16.6 Å². The molecule has 0 amide bonds. The minimum atomic E-state index is 0.369. The molecule has 0 bridgehead atoms. The lowest BCUT2D eigenvalue weighted by atomic mass is 9.88. The van der Waals surface area contributed by atoms with Gasteiger partial charge in [0, 0.05) is 10.8 Å². The molecule has 2 aliphatic rings. The van der Waals surface area contributed by atoms with Gasteiger partial charge in [-0.05, 0) is 31.9 Å². The molecular weight excluding hydrogens is 218 g/mol. The van der Waals surface area contributed by atoms with Crippen LogP contribution in [-0.2, 0) is 0 Å². The zero-order chi connectivity index (χ0) is 11.4. The van der Waals surface area contributed by atoms with Crippen LogP contribution >= 0.6 is 11.8 Å². The Bertz CT molecular complexity index is 255. The van der Waals surface area contributed by atoms with Gasteiger partial charge in [0.05, 0.1) is 6.54 Å². The third kappa shape index (κ3) is 3.30. The Morgan fingerprint density at radius 1 is 1.38 bits per heavy atom. The average Bonchev–Trinajstić information content (AvgIpc) is 3.12. The first kappa shape index (κ1) is 12.1. The fraction of sp³-hybridized carbons (Fsp3) is 0.917. The van der Waals surface area contributed by atoms with Crippen LogP contribution in [0.1, 0.15) is 44.9 Å². The zero-order valence-corrected chi connectivity index (χ0v) is 11.0. The number of rotatable bonds is 4. The van der Waals surface area contributed by atoms with Crippen LogP contribution in [0.4, 0.5) is 0 Å². The van der Waals surface area contributed by atoms with Crippen LogP contribution in [0, 0.1) is 0 Å². The molecule has 0 aromatic carbocycles. The van der Waals surface area contributed by atoms with Gasteiger partial charge in [0.25, 0.3) is 0 Å². The second-order valence-electron chi connectivity index (χ2n) is 5.07. The molecule has 0 heterocycles. The summed E-state index contributed by atoms with van der Waals surface area (Å²) in [6.45, 7) is 0.889. The lowest BCUT2D eigenvalue weighted by Crippen LogP contribution is -2.37. The molecule has 0 aromatic heterocycles. The summed E-state index contributed by atoms with van der Waals surface area (Å²) in [5.74, 6) is 0.654. The van der Waals surface area contributed by atoms with Gasteiger partial charge in [-0.15, -0.1) is 0 Å². The number of aliphatic imine (C=N–C) groups is 1. The van der Waals surface area contributed by atoms with Crippen LogP contribution in [0.5, 0.6) is 0 Å². The van der Waals surface area contributed by atoms with Crippen LogP contribution in [0.25, 0.3) is 0 Å². The van der Waals surface area contributed by atoms with Crippen molar-refractivity contribution in [3.63, 3.8) is 0 Å². The maximum atomic E-state index is 5.88. The molecule has 2 aliphatic carbocycles. The van der Waals surface area contributed by atoms with Gasteiger partial charge in [-0.2, -0.15) is 11.8 Å². The van der Waals surface area contributed by atoms with E-state index in [-0.39, 0.29) is 0 Å². The minimum Gasteiger partial charge on any atom is -0.370 e. The molecular formula is C12H23N3S. The van der Waals surface area contributed by atoms with Gasteiger partial charge in [-0.25, -0.2) is 0 Å². The standard InChI is InChI=1S/C12H23N3S/c1-16-12(7-3-2-4-8-12)9-14-11(13)15-10-5-6-10/h10H,2-9H2,1H3,(H3,13,14,15). The largest absolute Gasteiger partial charge is 0.370 e. The van der Waals surface area contributed by atoms with Crippen LogP contribution in [0.2, 0.25) is 0 Å². The number of nitrogens with two attached hydrogens (primary N) is 1. The molecule has 0 aliphatic heterocycles. The molecule has 0 unspecified atom stereocenters. The maximum Gasteiger partial charge on any atom is 0.188 e. The van der Waals surface area contributed by atoms with Crippen molar-refractivity contribution < 1.29 is 0 Å². The second kappa shape index (κ2) is 5.30. The number of hydrogen-bond acceptors (Lipinski definition) is 2. The topological polar surface area (TPSA) is 50.4 Å². The van der Waals surface area contributed by atoms with Crippen molar-refractivity contribution in [2.45, 2.75) is 55.7 Å². The highest BCUT2D eigenvalue weighted by atomic mass is 32.2. The fourth-order valence-electron chi connectivity index (χ4n) is 2.33. The van der Waals surface area contributed by atoms with Gasteiger partial charge in [0.1, 0.15) is 0 Å². The molecule has 0 aromatic rings. The van der Waals surface area contributed by atoms with Crippen molar-refractivity contribution in [3.8, 4) is 0 Å². The van der Waals surface area contributed by atoms with Crippen LogP contribution < -0.4 is 11.1 Å². The summed E-state index contributed by atoms with van der Waals surface area (Å²) < 4.78 is 0.369. The van der Waals surface area contributed by atoms with E-state index in [0.29, 0.717) is 16.7 Å². The minimum absolute atomic E-state index is 0.369. The summed E-state index contributed by atoms with van der Waals surface area (Å²) in [5, 5.41) is 3.25. The highest BCUT2D eigenvalue weighted by Crippen LogP contribution is 2.38. The Kier molecular flexibility index (Phi) is 4.00. The van der Waals surface area contributed by atoms with Gasteiger partial charge >= 0.3 is 0 Å². The van der Waals surface area contributed by atoms with Crippen LogP contribution in [0.15, 0.2) is 4.99 Å². The Morgan fingerprint density at radius 2 is 2.06 bits per heavy atom. The summed E-state index contributed by atoms with van der Waals surface area (Å²) in [6, 6.07) is 0.611. The second-order valence-corrected chi connectivity index (χ2v) is 6.34. The van der Waals surface area contributed by atoms with Gasteiger partial charge in [0.15, 0.2) is 5.96 Å². The molecule has 2 fully saturated rings. The van der Waals surface area contributed by atoms with Gasteiger partial charge in [-0.1, -0.05) is 19.3 Å². The van der Waals surface area contributed by atoms with Crippen molar-refractivity contribution in [3.05, 3.63) is 0 Å². The van der Waals surface area contributed by atoms with E-state index in [1.165, 1.54) is 44.9 Å². The van der Waals surface area contributed by atoms with Gasteiger partial charge in [0.2, 0.25) is 0 Å². The normalized spacial score (nSPS) is 25.4. The van der Waals surface area contributed by atoms with Crippen molar-refractivity contribution in [2.24, 2.45) is 10.7 Å². The predicted molar refractivity (Wildman–Crippen MR) is 72.0 cm³/mol. The number of nitrogens with one attached hydrogen (secondary N) is 1. The van der Waals surface area contributed by atoms with Crippen molar-refractivity contribution in [1.82, 2.24) is 5.32 Å². The Balaban J connectivity index is 1.84. The lowest BCUT2D eigenvalue weighted by molar-refractivity contribution is 0.405. The molecule has 3 N–H and O–H groups in total. The number of nitrogens with zero attached hydrogens (tertiary/aromatic N) is 1. The van der Waals surface area contributed by atoms with E-state index >= 15 is 0 Å². The fourth-order valence-corrected chi connectivity index (χ4v) is 3.23. The molecule has 2 rings (SSSR count). The van der Waals surface area contributed by atoms with Crippen molar-refractivity contribution in [1.29, 1.82) is 0 Å². The summed E-state index contributed by atoms with van der Waals surface area (Å²) in [7, 11) is 0. The third-order valence-electron chi connectivity index (χ3n) is 3.66. The quantitative estimate of drug-likeness (QED) is 0.585. The van der Waals surface area contributed by atoms with Gasteiger partial charge in [-0.3, -0.25) is 4.99 Å². The summed E-state index contributed by atoms with van der Waals surface area (Å²) in [6.07, 6.45) is 11.4. The first-order valence-electron chi connectivity index (χ1n) is 6.36. The number of hydrogen-bond donors (Lipinski definition) is 2. The smallest absolute Gasteiger partial charge is 0.188 e. The first-order valence-corrected chi connectivity index (χ1v) is 7.58. The molecule has 3 nitrogen and oxygen atoms in total. The van der Waals surface area contributed by atoms with E-state index in [1.807, 2.05) is 11.8 Å². The highest BCUT2D eigenvalue weighted by Gasteiger charge is 2.31. The molecule has 0 radical (unpaired) electrons. The molecule has 2 saturated carbocycles. The van der Waals surface area contributed by atoms with E-state index in [1.54, 1.807) is 0 Å². The van der Waals surface area contributed by atoms with Crippen molar-refractivity contribution in [2.75, 3.05) is 12.8 Å². The van der Waals surface area contributed by atoms with E-state index in [9.17, 15) is 0 Å². The van der Waals surface area contributed by atoms with E-state index in [4.69, 9.17) is 5.73 Å². The first-order chi connectivity index (χ1) is 7.74. The number of thioether (sulfide) groups is 1. The van der Waals surface area contributed by atoms with E-state index in [0.717, 1.165) is 6.54 Å². The third-order valence-corrected chi connectivity index (χ3v) is 5.07. The maximum absolute atomic E-state index is 5.88. The molecule has 16 heavy (non-hydrogen) atoms. The number of guanidine groups is 1.